The Hall–Kier alpha value is -0.920. The standard InChI is InChI=1S/C12H22N4O2S/c1-8(2)10-4-5-16(7-10)19(17,18)12-9(3)14-15-11(12)6-13/h8,10H,4-7,13H2,1-3H3,(H,14,15). The number of aromatic nitrogens is 2. The number of aromatic amines is 1. The summed E-state index contributed by atoms with van der Waals surface area (Å²) in [6.45, 7) is 7.29. The van der Waals surface area contributed by atoms with Gasteiger partial charge in [0, 0.05) is 19.6 Å². The Bertz CT molecular complexity index is 550. The molecule has 1 aromatic heterocycles. The first-order valence-corrected chi connectivity index (χ1v) is 8.06. The van der Waals surface area contributed by atoms with Crippen LogP contribution >= 0.6 is 0 Å². The summed E-state index contributed by atoms with van der Waals surface area (Å²) in [6.07, 6.45) is 0.922. The van der Waals surface area contributed by atoms with E-state index < -0.39 is 10.0 Å². The van der Waals surface area contributed by atoms with Gasteiger partial charge in [0.15, 0.2) is 0 Å². The SMILES string of the molecule is Cc1[nH]nc(CN)c1S(=O)(=O)N1CCC(C(C)C)C1. The van der Waals surface area contributed by atoms with Gasteiger partial charge in [-0.25, -0.2) is 8.42 Å². The first-order chi connectivity index (χ1) is 8.87. The molecule has 0 amide bonds. The summed E-state index contributed by atoms with van der Waals surface area (Å²) in [4.78, 5) is 0.263. The minimum absolute atomic E-state index is 0.125. The van der Waals surface area contributed by atoms with Gasteiger partial charge < -0.3 is 5.73 Å². The predicted molar refractivity (Wildman–Crippen MR) is 72.9 cm³/mol. The van der Waals surface area contributed by atoms with Gasteiger partial charge in [0.2, 0.25) is 10.0 Å². The lowest BCUT2D eigenvalue weighted by molar-refractivity contribution is 0.388. The Morgan fingerprint density at radius 1 is 1.53 bits per heavy atom. The molecular weight excluding hydrogens is 264 g/mol. The summed E-state index contributed by atoms with van der Waals surface area (Å²) in [7, 11) is -3.48. The number of nitrogens with two attached hydrogens (primary N) is 1. The minimum Gasteiger partial charge on any atom is -0.325 e. The van der Waals surface area contributed by atoms with Crippen LogP contribution in [-0.2, 0) is 16.6 Å². The fraction of sp³-hybridized carbons (Fsp3) is 0.750. The third-order valence-corrected chi connectivity index (χ3v) is 5.95. The lowest BCUT2D eigenvalue weighted by atomic mass is 9.96. The third-order valence-electron chi connectivity index (χ3n) is 3.88. The zero-order chi connectivity index (χ0) is 14.2. The largest absolute Gasteiger partial charge is 0.325 e. The number of nitrogens with one attached hydrogen (secondary N) is 1. The summed E-state index contributed by atoms with van der Waals surface area (Å²) < 4.78 is 26.9. The van der Waals surface area contributed by atoms with Gasteiger partial charge in [0.05, 0.1) is 11.4 Å². The van der Waals surface area contributed by atoms with Crippen LogP contribution in [0.2, 0.25) is 0 Å². The molecule has 1 aromatic rings. The molecule has 1 atom stereocenters. The highest BCUT2D eigenvalue weighted by atomic mass is 32.2. The average molecular weight is 286 g/mol. The van der Waals surface area contributed by atoms with Crippen LogP contribution in [0, 0.1) is 18.8 Å². The molecule has 1 aliphatic rings. The summed E-state index contributed by atoms with van der Waals surface area (Å²) in [5.74, 6) is 0.933. The Morgan fingerprint density at radius 3 is 2.74 bits per heavy atom. The van der Waals surface area contributed by atoms with Crippen molar-refractivity contribution in [3.8, 4) is 0 Å². The van der Waals surface area contributed by atoms with E-state index in [2.05, 4.69) is 24.0 Å². The lowest BCUT2D eigenvalue weighted by Crippen LogP contribution is -2.30. The van der Waals surface area contributed by atoms with Crippen LogP contribution in [-0.4, -0.2) is 36.0 Å². The number of aryl methyl sites for hydroxylation is 1. The maximum Gasteiger partial charge on any atom is 0.246 e. The van der Waals surface area contributed by atoms with Crippen molar-refractivity contribution in [3.63, 3.8) is 0 Å². The van der Waals surface area contributed by atoms with Gasteiger partial charge in [-0.15, -0.1) is 0 Å². The van der Waals surface area contributed by atoms with Crippen molar-refractivity contribution in [2.24, 2.45) is 17.6 Å². The van der Waals surface area contributed by atoms with Crippen molar-refractivity contribution < 1.29 is 8.42 Å². The summed E-state index contributed by atoms with van der Waals surface area (Å²) in [6, 6.07) is 0. The van der Waals surface area contributed by atoms with Gasteiger partial charge in [-0.2, -0.15) is 9.40 Å². The Labute approximate surface area is 114 Å². The molecule has 6 nitrogen and oxygen atoms in total. The molecule has 0 saturated carbocycles. The maximum atomic E-state index is 12.7. The van der Waals surface area contributed by atoms with Crippen LogP contribution in [0.5, 0.6) is 0 Å². The zero-order valence-electron chi connectivity index (χ0n) is 11.7. The molecule has 1 fully saturated rings. The summed E-state index contributed by atoms with van der Waals surface area (Å²) in [5, 5.41) is 6.69. The van der Waals surface area contributed by atoms with Crippen LogP contribution in [0.3, 0.4) is 0 Å². The van der Waals surface area contributed by atoms with Crippen molar-refractivity contribution in [1.82, 2.24) is 14.5 Å². The Balaban J connectivity index is 2.31. The fourth-order valence-electron chi connectivity index (χ4n) is 2.60. The zero-order valence-corrected chi connectivity index (χ0v) is 12.5. The molecule has 19 heavy (non-hydrogen) atoms. The molecule has 0 radical (unpaired) electrons. The van der Waals surface area contributed by atoms with Gasteiger partial charge in [0.1, 0.15) is 4.90 Å². The second-order valence-corrected chi connectivity index (χ2v) is 7.36. The van der Waals surface area contributed by atoms with Crippen LogP contribution in [0.25, 0.3) is 0 Å². The molecule has 1 aliphatic heterocycles. The number of nitrogens with zero attached hydrogens (tertiary/aromatic N) is 2. The average Bonchev–Trinajstić information content (AvgIpc) is 2.95. The monoisotopic (exact) mass is 286 g/mol. The van der Waals surface area contributed by atoms with Crippen molar-refractivity contribution in [3.05, 3.63) is 11.4 Å². The van der Waals surface area contributed by atoms with Crippen molar-refractivity contribution in [2.45, 2.75) is 38.6 Å². The highest BCUT2D eigenvalue weighted by molar-refractivity contribution is 7.89. The van der Waals surface area contributed by atoms with E-state index in [1.54, 1.807) is 11.2 Å². The normalized spacial score (nSPS) is 21.4. The fourth-order valence-corrected chi connectivity index (χ4v) is 4.45. The summed E-state index contributed by atoms with van der Waals surface area (Å²) in [5.41, 5.74) is 6.55. The van der Waals surface area contributed by atoms with Crippen molar-refractivity contribution in [2.75, 3.05) is 13.1 Å². The first kappa shape index (κ1) is 14.5. The third kappa shape index (κ3) is 2.54. The number of hydrogen-bond acceptors (Lipinski definition) is 4. The van der Waals surface area contributed by atoms with E-state index in [-0.39, 0.29) is 11.4 Å². The molecule has 1 unspecified atom stereocenters. The van der Waals surface area contributed by atoms with E-state index in [9.17, 15) is 8.42 Å². The van der Waals surface area contributed by atoms with Gasteiger partial charge in [-0.3, -0.25) is 5.10 Å². The second kappa shape index (κ2) is 5.22. The Morgan fingerprint density at radius 2 is 2.21 bits per heavy atom. The lowest BCUT2D eigenvalue weighted by Gasteiger charge is -2.18. The second-order valence-electron chi connectivity index (χ2n) is 5.48. The number of H-pyrrole nitrogens is 1. The van der Waals surface area contributed by atoms with E-state index >= 15 is 0 Å². The topological polar surface area (TPSA) is 92.1 Å². The Kier molecular flexibility index (Phi) is 3.98. The van der Waals surface area contributed by atoms with E-state index in [1.807, 2.05) is 0 Å². The first-order valence-electron chi connectivity index (χ1n) is 6.62. The number of hydrogen-bond donors (Lipinski definition) is 2. The minimum atomic E-state index is -3.48. The maximum absolute atomic E-state index is 12.7. The van der Waals surface area contributed by atoms with Crippen LogP contribution in [0.1, 0.15) is 31.7 Å². The molecule has 1 saturated heterocycles. The smallest absolute Gasteiger partial charge is 0.246 e. The molecule has 0 bridgehead atoms. The van der Waals surface area contributed by atoms with Gasteiger partial charge in [-0.05, 0) is 25.2 Å². The quantitative estimate of drug-likeness (QED) is 0.858. The van der Waals surface area contributed by atoms with E-state index in [0.717, 1.165) is 6.42 Å². The van der Waals surface area contributed by atoms with Crippen LogP contribution in [0.4, 0.5) is 0 Å². The molecule has 7 heteroatoms. The molecule has 0 aromatic carbocycles. The molecular formula is C12H22N4O2S. The molecule has 0 spiro atoms. The van der Waals surface area contributed by atoms with Gasteiger partial charge >= 0.3 is 0 Å². The van der Waals surface area contributed by atoms with Crippen molar-refractivity contribution in [1.29, 1.82) is 0 Å². The molecule has 2 heterocycles. The summed E-state index contributed by atoms with van der Waals surface area (Å²) >= 11 is 0. The molecule has 108 valence electrons. The predicted octanol–water partition coefficient (Wildman–Crippen LogP) is 0.843. The van der Waals surface area contributed by atoms with Crippen LogP contribution < -0.4 is 5.73 Å². The molecule has 3 N–H and O–H groups in total. The highest BCUT2D eigenvalue weighted by Crippen LogP contribution is 2.30. The van der Waals surface area contributed by atoms with E-state index in [0.29, 0.717) is 36.3 Å². The van der Waals surface area contributed by atoms with Crippen LogP contribution in [0.15, 0.2) is 4.90 Å². The van der Waals surface area contributed by atoms with E-state index in [4.69, 9.17) is 5.73 Å². The van der Waals surface area contributed by atoms with Gasteiger partial charge in [0.25, 0.3) is 0 Å². The van der Waals surface area contributed by atoms with E-state index in [1.165, 1.54) is 0 Å². The number of sulfonamides is 1. The highest BCUT2D eigenvalue weighted by Gasteiger charge is 2.36. The van der Waals surface area contributed by atoms with Crippen molar-refractivity contribution >= 4 is 10.0 Å². The molecule has 2 rings (SSSR count). The molecule has 0 aliphatic carbocycles. The number of rotatable bonds is 4. The van der Waals surface area contributed by atoms with Gasteiger partial charge in [-0.1, -0.05) is 13.8 Å².